The molecule has 0 radical (unpaired) electrons. The Balaban J connectivity index is 0.839. The fourth-order valence-electron chi connectivity index (χ4n) is 4.81. The monoisotopic (exact) mass is 1220 g/mol. The second-order valence-corrected chi connectivity index (χ2v) is 40.6. The van der Waals surface area contributed by atoms with E-state index >= 15 is 0 Å². The maximum Gasteiger partial charge on any atom is 0.0717 e. The van der Waals surface area contributed by atoms with Gasteiger partial charge in [-0.1, -0.05) is 141 Å². The van der Waals surface area contributed by atoms with Crippen molar-refractivity contribution in [3.63, 3.8) is 0 Å². The van der Waals surface area contributed by atoms with Gasteiger partial charge in [0.25, 0.3) is 0 Å². The van der Waals surface area contributed by atoms with Crippen LogP contribution in [-0.2, 0) is 0 Å². The lowest BCUT2D eigenvalue weighted by atomic mass is 10.6. The van der Waals surface area contributed by atoms with E-state index in [1.54, 1.807) is 0 Å². The molecule has 25 heteroatoms. The van der Waals surface area contributed by atoms with Crippen LogP contribution in [0.3, 0.4) is 0 Å². The van der Waals surface area contributed by atoms with Crippen molar-refractivity contribution in [3.05, 3.63) is 76.3 Å². The Labute approximate surface area is 452 Å². The van der Waals surface area contributed by atoms with Crippen molar-refractivity contribution in [2.45, 2.75) is 19.3 Å². The number of nitriles is 1. The third-order valence-corrected chi connectivity index (χ3v) is 42.5. The van der Waals surface area contributed by atoms with Crippen molar-refractivity contribution in [3.8, 4) is 6.07 Å². The second kappa shape index (κ2) is 26.7. The van der Waals surface area contributed by atoms with Crippen LogP contribution >= 0.6 is 282 Å². The average molecular weight is 1230 g/mol. The average Bonchev–Trinajstić information content (AvgIpc) is 4.12. The molecule has 0 fully saturated rings. The summed E-state index contributed by atoms with van der Waals surface area (Å²) in [6.45, 7) is 0. The standard InChI is InChI=1S/C34H33NS24/c1-36-17-18(37-2)49-29(48-17)31-53-23(42-10-5-9-40-20-19(38-3)50-30(51-20)32-56-25-26(57-32)45-14-13-44-25)24(54-31)43-12-6-11-41-22-21(39-8-4-7-35)52-33(55-22)34-58-27-28(59-34)47-16-15-46-27/h4-6,8-16H2,1-3H3. The summed E-state index contributed by atoms with van der Waals surface area (Å²) in [5.41, 5.74) is 0. The molecule has 0 spiro atoms. The Bertz CT molecular complexity index is 1940. The lowest BCUT2D eigenvalue weighted by Gasteiger charge is -2.08. The largest absolute Gasteiger partial charge is 0.198 e. The quantitative estimate of drug-likeness (QED) is 0.122. The van der Waals surface area contributed by atoms with Crippen LogP contribution < -0.4 is 0 Å². The highest BCUT2D eigenvalue weighted by molar-refractivity contribution is 8.48. The number of hydrogen-bond donors (Lipinski definition) is 0. The van der Waals surface area contributed by atoms with Crippen LogP contribution in [0.2, 0.25) is 0 Å². The van der Waals surface area contributed by atoms with Crippen molar-refractivity contribution in [1.82, 2.24) is 0 Å². The summed E-state index contributed by atoms with van der Waals surface area (Å²) >= 11 is 48.1. The van der Waals surface area contributed by atoms with Crippen molar-refractivity contribution in [1.29, 1.82) is 5.26 Å². The molecular formula is C34H33NS24. The van der Waals surface area contributed by atoms with E-state index in [1.807, 2.05) is 247 Å². The minimum atomic E-state index is 0.601. The number of hydrogen-bond acceptors (Lipinski definition) is 25. The molecular weight excluding hydrogens is 1190 g/mol. The molecule has 318 valence electrons. The van der Waals surface area contributed by atoms with Gasteiger partial charge in [0.05, 0.1) is 82.3 Å². The lowest BCUT2D eigenvalue weighted by Crippen LogP contribution is -1.88. The fourth-order valence-corrected chi connectivity index (χ4v) is 40.1. The summed E-state index contributed by atoms with van der Waals surface area (Å²) in [5.74, 6) is 10.4. The SMILES string of the molecule is CSC1=C(SC)SC(=C2SC(SCCCSC3=C(SC)SC(=C4SC5=C(SCCS5)S4)S3)=C(SCCCSC3=C(SCCC#N)SC(=C4SC5=C(SCCS5)S4)S3)S2)S1. The highest BCUT2D eigenvalue weighted by Gasteiger charge is 2.34. The van der Waals surface area contributed by atoms with Crippen molar-refractivity contribution in [2.24, 2.45) is 0 Å². The first-order valence-electron chi connectivity index (χ1n) is 17.5. The summed E-state index contributed by atoms with van der Waals surface area (Å²) in [5, 5.41) is 9.23. The van der Waals surface area contributed by atoms with E-state index in [0.717, 1.165) is 23.0 Å². The van der Waals surface area contributed by atoms with Crippen LogP contribution in [0.25, 0.3) is 0 Å². The van der Waals surface area contributed by atoms with Gasteiger partial charge in [-0.3, -0.25) is 0 Å². The van der Waals surface area contributed by atoms with E-state index in [1.165, 1.54) is 118 Å². The summed E-state index contributed by atoms with van der Waals surface area (Å²) in [4.78, 5) is 0. The molecule has 0 amide bonds. The normalized spacial score (nSPS) is 22.6. The molecule has 0 aromatic rings. The van der Waals surface area contributed by atoms with Gasteiger partial charge in [-0.05, 0) is 54.6 Å². The number of nitrogens with zero attached hydrogens (tertiary/aromatic N) is 1. The van der Waals surface area contributed by atoms with Gasteiger partial charge in [-0.2, -0.15) is 5.26 Å². The van der Waals surface area contributed by atoms with Crippen molar-refractivity contribution >= 4 is 282 Å². The van der Waals surface area contributed by atoms with Gasteiger partial charge >= 0.3 is 0 Å². The van der Waals surface area contributed by atoms with Gasteiger partial charge in [0.2, 0.25) is 0 Å². The van der Waals surface area contributed by atoms with Gasteiger partial charge in [0.15, 0.2) is 0 Å². The highest BCUT2D eigenvalue weighted by atomic mass is 32.3. The lowest BCUT2D eigenvalue weighted by molar-refractivity contribution is 1.13. The van der Waals surface area contributed by atoms with E-state index in [-0.39, 0.29) is 0 Å². The first kappa shape index (κ1) is 50.9. The zero-order valence-corrected chi connectivity index (χ0v) is 50.8. The molecule has 0 aromatic carbocycles. The molecule has 59 heavy (non-hydrogen) atoms. The maximum absolute atomic E-state index is 9.23. The molecule has 0 saturated carbocycles. The number of thioether (sulfide) groups is 24. The van der Waals surface area contributed by atoms with E-state index in [9.17, 15) is 5.26 Å². The van der Waals surface area contributed by atoms with Crippen LogP contribution in [0.4, 0.5) is 0 Å². The predicted octanol–water partition coefficient (Wildman–Crippen LogP) is 20.4. The zero-order valence-electron chi connectivity index (χ0n) is 31.2. The van der Waals surface area contributed by atoms with Crippen LogP contribution in [-0.4, -0.2) is 70.5 Å². The fraction of sp³-hybridized carbons (Fsp3) is 0.441. The Morgan fingerprint density at radius 3 is 0.915 bits per heavy atom. The molecule has 0 aliphatic carbocycles. The molecule has 8 heterocycles. The second-order valence-electron chi connectivity index (χ2n) is 11.3. The Hall–Kier alpha value is 5.55. The molecule has 0 N–H and O–H groups in total. The van der Waals surface area contributed by atoms with E-state index in [4.69, 9.17) is 0 Å². The van der Waals surface area contributed by atoms with E-state index in [2.05, 4.69) is 60.1 Å². The van der Waals surface area contributed by atoms with Gasteiger partial charge in [0.1, 0.15) is 0 Å². The summed E-state index contributed by atoms with van der Waals surface area (Å²) in [6.07, 6.45) is 9.66. The number of rotatable bonds is 18. The Morgan fingerprint density at radius 2 is 0.610 bits per heavy atom. The van der Waals surface area contributed by atoms with Gasteiger partial charge in [-0.15, -0.1) is 141 Å². The Morgan fingerprint density at radius 1 is 0.356 bits per heavy atom. The van der Waals surface area contributed by atoms with Gasteiger partial charge < -0.3 is 0 Å². The van der Waals surface area contributed by atoms with Crippen molar-refractivity contribution < 1.29 is 0 Å². The Kier molecular flexibility index (Phi) is 23.0. The maximum atomic E-state index is 9.23. The third-order valence-electron chi connectivity index (χ3n) is 7.34. The summed E-state index contributed by atoms with van der Waals surface area (Å²) < 4.78 is 26.8. The minimum absolute atomic E-state index is 0.601. The molecule has 0 saturated heterocycles. The van der Waals surface area contributed by atoms with E-state index < -0.39 is 0 Å². The van der Waals surface area contributed by atoms with Crippen LogP contribution in [0, 0.1) is 11.3 Å². The summed E-state index contributed by atoms with van der Waals surface area (Å²) in [7, 11) is 0. The highest BCUT2D eigenvalue weighted by Crippen LogP contribution is 2.69. The van der Waals surface area contributed by atoms with Gasteiger partial charge in [0, 0.05) is 35.2 Å². The smallest absolute Gasteiger partial charge is 0.0717 e. The predicted molar refractivity (Wildman–Crippen MR) is 326 cm³/mol. The third kappa shape index (κ3) is 14.1. The van der Waals surface area contributed by atoms with Crippen molar-refractivity contribution in [2.75, 3.05) is 70.5 Å². The first-order chi connectivity index (χ1) is 29.0. The molecule has 0 unspecified atom stereocenters. The molecule has 0 bridgehead atoms. The molecule has 8 aliphatic rings. The summed E-state index contributed by atoms with van der Waals surface area (Å²) in [6, 6.07) is 2.35. The molecule has 1 nitrogen and oxygen atoms in total. The van der Waals surface area contributed by atoms with Crippen LogP contribution in [0.15, 0.2) is 76.3 Å². The molecule has 0 atom stereocenters. The molecule has 8 rings (SSSR count). The minimum Gasteiger partial charge on any atom is -0.198 e. The molecule has 8 aliphatic heterocycles. The van der Waals surface area contributed by atoms with E-state index in [0.29, 0.717) is 6.42 Å². The van der Waals surface area contributed by atoms with Crippen LogP contribution in [0.5, 0.6) is 0 Å². The first-order valence-corrected chi connectivity index (χ1v) is 39.8. The van der Waals surface area contributed by atoms with Crippen LogP contribution in [0.1, 0.15) is 19.3 Å². The molecule has 0 aromatic heterocycles. The topological polar surface area (TPSA) is 23.8 Å². The zero-order chi connectivity index (χ0) is 40.6. The van der Waals surface area contributed by atoms with Gasteiger partial charge in [-0.25, -0.2) is 0 Å².